The molecule has 1 heterocycles. The average molecular weight is 403 g/mol. The molecule has 3 rings (SSSR count). The van der Waals surface area contributed by atoms with Crippen molar-refractivity contribution >= 4 is 34.3 Å². The smallest absolute Gasteiger partial charge is 0.262 e. The van der Waals surface area contributed by atoms with Gasteiger partial charge in [0.15, 0.2) is 5.16 Å². The van der Waals surface area contributed by atoms with E-state index in [4.69, 9.17) is 0 Å². The van der Waals surface area contributed by atoms with Gasteiger partial charge in [0, 0.05) is 6.04 Å². The number of nitrogens with zero attached hydrogens (tertiary/aromatic N) is 2. The number of benzene rings is 2. The maximum atomic E-state index is 13.7. The summed E-state index contributed by atoms with van der Waals surface area (Å²) in [6.07, 6.45) is 0.708. The fourth-order valence-electron chi connectivity index (χ4n) is 2.72. The van der Waals surface area contributed by atoms with Crippen molar-refractivity contribution in [3.63, 3.8) is 0 Å². The molecular weight excluding hydrogens is 384 g/mol. The van der Waals surface area contributed by atoms with Gasteiger partial charge in [0.05, 0.1) is 16.7 Å². The van der Waals surface area contributed by atoms with E-state index >= 15 is 0 Å². The number of nitrogens with one attached hydrogen (secondary N) is 1. The molecule has 2 aromatic carbocycles. The van der Waals surface area contributed by atoms with Crippen LogP contribution in [0.3, 0.4) is 0 Å². The highest BCUT2D eigenvalue weighted by Crippen LogP contribution is 2.23. The minimum Gasteiger partial charge on any atom is -0.320 e. The third kappa shape index (κ3) is 4.06. The number of halogens is 2. The van der Waals surface area contributed by atoms with Crippen LogP contribution in [0.4, 0.5) is 14.5 Å². The van der Waals surface area contributed by atoms with Gasteiger partial charge >= 0.3 is 0 Å². The second-order valence-electron chi connectivity index (χ2n) is 6.28. The number of hydrogen-bond acceptors (Lipinski definition) is 4. The molecular formula is C20H19F2N3O2S. The fraction of sp³-hybridized carbons (Fsp3) is 0.250. The Morgan fingerprint density at radius 2 is 1.86 bits per heavy atom. The Hall–Kier alpha value is -2.74. The van der Waals surface area contributed by atoms with Crippen LogP contribution in [0.2, 0.25) is 0 Å². The molecule has 0 bridgehead atoms. The molecule has 5 nitrogen and oxygen atoms in total. The standard InChI is InChI=1S/C20H19F2N3O2S/c1-3-12(2)25-19(27)13-7-4-5-10-16(13)23-20(25)28-11-17(26)24-18-14(21)8-6-9-15(18)22/h4-10,12H,3,11H2,1-2H3,(H,24,26)/t12-/m1/s1. The molecule has 0 aliphatic heterocycles. The van der Waals surface area contributed by atoms with Crippen molar-refractivity contribution in [2.24, 2.45) is 0 Å². The SMILES string of the molecule is CC[C@@H](C)n1c(SCC(=O)Nc2c(F)cccc2F)nc2ccccc2c1=O. The Kier molecular flexibility index (Phi) is 6.08. The van der Waals surface area contributed by atoms with Crippen molar-refractivity contribution < 1.29 is 13.6 Å². The number of thioether (sulfide) groups is 1. The van der Waals surface area contributed by atoms with Crippen molar-refractivity contribution in [3.8, 4) is 0 Å². The van der Waals surface area contributed by atoms with Gasteiger partial charge in [-0.15, -0.1) is 0 Å². The van der Waals surface area contributed by atoms with Crippen LogP contribution in [0.25, 0.3) is 10.9 Å². The number of rotatable bonds is 6. The minimum absolute atomic E-state index is 0.112. The van der Waals surface area contributed by atoms with Crippen molar-refractivity contribution in [1.82, 2.24) is 9.55 Å². The largest absolute Gasteiger partial charge is 0.320 e. The highest BCUT2D eigenvalue weighted by molar-refractivity contribution is 7.99. The molecule has 146 valence electrons. The van der Waals surface area contributed by atoms with Crippen LogP contribution in [0.5, 0.6) is 0 Å². The molecule has 0 spiro atoms. The summed E-state index contributed by atoms with van der Waals surface area (Å²) < 4.78 is 29.0. The van der Waals surface area contributed by atoms with Gasteiger partial charge in [0.1, 0.15) is 17.3 Å². The topological polar surface area (TPSA) is 64.0 Å². The van der Waals surface area contributed by atoms with Gasteiger partial charge in [-0.2, -0.15) is 0 Å². The van der Waals surface area contributed by atoms with E-state index in [1.54, 1.807) is 28.8 Å². The summed E-state index contributed by atoms with van der Waals surface area (Å²) in [4.78, 5) is 29.6. The highest BCUT2D eigenvalue weighted by atomic mass is 32.2. The number of anilines is 1. The molecule has 0 saturated heterocycles. The Morgan fingerprint density at radius 1 is 1.18 bits per heavy atom. The van der Waals surface area contributed by atoms with Crippen molar-refractivity contribution in [1.29, 1.82) is 0 Å². The Balaban J connectivity index is 1.87. The van der Waals surface area contributed by atoms with Gasteiger partial charge in [-0.1, -0.05) is 36.9 Å². The Bertz CT molecular complexity index is 1060. The normalized spacial score (nSPS) is 12.1. The lowest BCUT2D eigenvalue weighted by molar-refractivity contribution is -0.113. The maximum Gasteiger partial charge on any atom is 0.262 e. The Morgan fingerprint density at radius 3 is 2.54 bits per heavy atom. The predicted molar refractivity (Wildman–Crippen MR) is 107 cm³/mol. The predicted octanol–water partition coefficient (Wildman–Crippen LogP) is 4.38. The lowest BCUT2D eigenvalue weighted by Crippen LogP contribution is -2.26. The number of hydrogen-bond donors (Lipinski definition) is 1. The van der Waals surface area contributed by atoms with E-state index < -0.39 is 23.2 Å². The molecule has 0 aliphatic rings. The summed E-state index contributed by atoms with van der Waals surface area (Å²) in [5, 5.41) is 3.13. The van der Waals surface area contributed by atoms with E-state index in [2.05, 4.69) is 10.3 Å². The molecule has 0 unspecified atom stereocenters. The number of amides is 1. The van der Waals surface area contributed by atoms with Crippen molar-refractivity contribution in [3.05, 3.63) is 64.5 Å². The van der Waals surface area contributed by atoms with Gasteiger partial charge in [-0.05, 0) is 37.6 Å². The van der Waals surface area contributed by atoms with Crippen LogP contribution >= 0.6 is 11.8 Å². The zero-order chi connectivity index (χ0) is 20.3. The zero-order valence-electron chi connectivity index (χ0n) is 15.4. The summed E-state index contributed by atoms with van der Waals surface area (Å²) in [7, 11) is 0. The summed E-state index contributed by atoms with van der Waals surface area (Å²) in [5.74, 6) is -2.43. The van der Waals surface area contributed by atoms with Gasteiger partial charge in [0.25, 0.3) is 5.56 Å². The number of carbonyl (C=O) groups is 1. The first-order chi connectivity index (χ1) is 13.4. The molecule has 1 aromatic heterocycles. The molecule has 8 heteroatoms. The van der Waals surface area contributed by atoms with Crippen LogP contribution in [0.15, 0.2) is 52.4 Å². The van der Waals surface area contributed by atoms with E-state index in [1.807, 2.05) is 13.8 Å². The quantitative estimate of drug-likeness (QED) is 0.490. The summed E-state index contributed by atoms with van der Waals surface area (Å²) in [6, 6.07) is 10.2. The van der Waals surface area contributed by atoms with Gasteiger partial charge in [0.2, 0.25) is 5.91 Å². The lowest BCUT2D eigenvalue weighted by Gasteiger charge is -2.18. The molecule has 1 N–H and O–H groups in total. The minimum atomic E-state index is -0.848. The highest BCUT2D eigenvalue weighted by Gasteiger charge is 2.18. The van der Waals surface area contributed by atoms with Crippen LogP contribution in [0.1, 0.15) is 26.3 Å². The van der Waals surface area contributed by atoms with Crippen molar-refractivity contribution in [2.75, 3.05) is 11.1 Å². The number of fused-ring (bicyclic) bond motifs is 1. The second kappa shape index (κ2) is 8.52. The monoisotopic (exact) mass is 403 g/mol. The lowest BCUT2D eigenvalue weighted by atomic mass is 10.2. The third-order valence-electron chi connectivity index (χ3n) is 4.37. The maximum absolute atomic E-state index is 13.7. The van der Waals surface area contributed by atoms with Crippen LogP contribution in [-0.4, -0.2) is 21.2 Å². The first-order valence-corrected chi connectivity index (χ1v) is 9.78. The zero-order valence-corrected chi connectivity index (χ0v) is 16.2. The van der Waals surface area contributed by atoms with Gasteiger partial charge in [-0.3, -0.25) is 14.2 Å². The van der Waals surface area contributed by atoms with Crippen LogP contribution in [-0.2, 0) is 4.79 Å². The van der Waals surface area contributed by atoms with E-state index in [9.17, 15) is 18.4 Å². The van der Waals surface area contributed by atoms with Gasteiger partial charge < -0.3 is 5.32 Å². The molecule has 0 fully saturated rings. The van der Waals surface area contributed by atoms with E-state index in [1.165, 1.54) is 6.07 Å². The fourth-order valence-corrected chi connectivity index (χ4v) is 3.62. The molecule has 3 aromatic rings. The Labute approximate surface area is 164 Å². The second-order valence-corrected chi connectivity index (χ2v) is 7.22. The van der Waals surface area contributed by atoms with Crippen molar-refractivity contribution in [2.45, 2.75) is 31.5 Å². The number of para-hydroxylation sites is 2. The average Bonchev–Trinajstić information content (AvgIpc) is 2.69. The molecule has 0 saturated carbocycles. The summed E-state index contributed by atoms with van der Waals surface area (Å²) in [6.45, 7) is 3.85. The number of aromatic nitrogens is 2. The summed E-state index contributed by atoms with van der Waals surface area (Å²) >= 11 is 1.05. The summed E-state index contributed by atoms with van der Waals surface area (Å²) in [5.41, 5.74) is -0.128. The van der Waals surface area contributed by atoms with Gasteiger partial charge in [-0.25, -0.2) is 13.8 Å². The van der Waals surface area contributed by atoms with Crippen LogP contribution in [0, 0.1) is 11.6 Å². The van der Waals surface area contributed by atoms with Crippen LogP contribution < -0.4 is 10.9 Å². The molecule has 1 atom stereocenters. The molecule has 28 heavy (non-hydrogen) atoms. The van der Waals surface area contributed by atoms with E-state index in [-0.39, 0.29) is 17.4 Å². The van der Waals surface area contributed by atoms with E-state index in [0.29, 0.717) is 22.5 Å². The first-order valence-electron chi connectivity index (χ1n) is 8.80. The first kappa shape index (κ1) is 20.0. The molecule has 1 amide bonds. The molecule has 0 radical (unpaired) electrons. The molecule has 0 aliphatic carbocycles. The third-order valence-corrected chi connectivity index (χ3v) is 5.32. The number of carbonyl (C=O) groups excluding carboxylic acids is 1. The van der Waals surface area contributed by atoms with E-state index in [0.717, 1.165) is 23.9 Å².